The smallest absolute Gasteiger partial charge is 0.273 e. The topological polar surface area (TPSA) is 175 Å². The van der Waals surface area contributed by atoms with Crippen LogP contribution in [0.4, 0.5) is 0 Å². The number of carbonyl (C=O) groups excluding carboxylic acids is 1. The lowest BCUT2D eigenvalue weighted by atomic mass is 10.1. The van der Waals surface area contributed by atoms with Crippen molar-refractivity contribution < 1.29 is 41.6 Å². The van der Waals surface area contributed by atoms with Crippen LogP contribution in [0.2, 0.25) is 0 Å². The van der Waals surface area contributed by atoms with Crippen LogP contribution in [0.15, 0.2) is 38.8 Å². The summed E-state index contributed by atoms with van der Waals surface area (Å²) in [5.41, 5.74) is 1.34. The second kappa shape index (κ2) is 12.7. The Kier molecular flexibility index (Phi) is 10.2. The number of methoxy groups -OCH3 is 1. The maximum absolute atomic E-state index is 13.2. The molecule has 3 rings (SSSR count). The maximum Gasteiger partial charge on any atom is 0.273 e. The molecule has 1 aromatic heterocycles. The van der Waals surface area contributed by atoms with Crippen molar-refractivity contribution in [3.05, 3.63) is 47.0 Å². The van der Waals surface area contributed by atoms with Gasteiger partial charge in [-0.3, -0.25) is 15.2 Å². The summed E-state index contributed by atoms with van der Waals surface area (Å²) in [6, 6.07) is 7.28. The molecule has 2 aromatic rings. The molecule has 1 aromatic carbocycles. The molecule has 0 radical (unpaired) electrons. The van der Waals surface area contributed by atoms with Gasteiger partial charge in [0.1, 0.15) is 8.42 Å². The number of likely N-dealkylation sites (N-methyl/N-ethyl adjacent to an activating group) is 1. The number of nitrogens with zero attached hydrogens (tertiary/aromatic N) is 2. The van der Waals surface area contributed by atoms with Crippen molar-refractivity contribution in [2.45, 2.75) is 40.8 Å². The van der Waals surface area contributed by atoms with Crippen LogP contribution in [-0.4, -0.2) is 76.2 Å². The van der Waals surface area contributed by atoms with Crippen molar-refractivity contribution in [1.82, 2.24) is 19.7 Å². The van der Waals surface area contributed by atoms with E-state index in [4.69, 9.17) is 15.2 Å². The average molecular weight is 579 g/mol. The second-order valence-electron chi connectivity index (χ2n) is 8.18. The predicted molar refractivity (Wildman–Crippen MR) is 132 cm³/mol. The van der Waals surface area contributed by atoms with Gasteiger partial charge in [-0.05, 0) is 30.2 Å². The molecule has 0 unspecified atom stereocenters. The summed E-state index contributed by atoms with van der Waals surface area (Å²) in [5, 5.41) is 20.1. The van der Waals surface area contributed by atoms with Gasteiger partial charge in [0.25, 0.3) is 20.0 Å². The lowest BCUT2D eigenvalue weighted by molar-refractivity contribution is -0.497. The fourth-order valence-corrected chi connectivity index (χ4v) is 8.73. The molecule has 37 heavy (non-hydrogen) atoms. The number of fused-ring (bicyclic) bond motifs is 1. The molecule has 1 amide bonds. The minimum atomic E-state index is -4.34. The molecule has 0 aliphatic carbocycles. The number of hydrogen-bond acceptors (Lipinski definition) is 12. The summed E-state index contributed by atoms with van der Waals surface area (Å²) in [4.78, 5) is 17.1. The molecule has 0 fully saturated rings. The predicted octanol–water partition coefficient (Wildman–Crippen LogP) is 0.999. The minimum absolute atomic E-state index is 0.0653. The van der Waals surface area contributed by atoms with Crippen LogP contribution < -0.4 is 10.0 Å². The van der Waals surface area contributed by atoms with Gasteiger partial charge in [0.05, 0.1) is 18.4 Å². The van der Waals surface area contributed by atoms with Gasteiger partial charge in [-0.1, -0.05) is 31.2 Å². The standard InChI is InChI=1S/C21H30N4O9S3/c1-3-22-18-13-24(8-5-9-33-2)37(31,32)21-17(18)12-20(35-21)36(29,30)23-19(26)11-15-6-4-7-16(10-15)14-34-25(27)28/h4,6-7,10,12,18,22,27-28H,3,5,8-9,11,13-14H2,1-2H3,(H,23,26)/t18-/m0/s1. The van der Waals surface area contributed by atoms with Gasteiger partial charge in [-0.25, -0.2) is 26.4 Å². The molecular formula is C21H30N4O9S3. The minimum Gasteiger partial charge on any atom is -0.385 e. The van der Waals surface area contributed by atoms with E-state index in [1.54, 1.807) is 24.3 Å². The molecule has 206 valence electrons. The Labute approximate surface area is 219 Å². The maximum atomic E-state index is 13.2. The van der Waals surface area contributed by atoms with Crippen molar-refractivity contribution >= 4 is 37.3 Å². The molecule has 1 aliphatic heterocycles. The van der Waals surface area contributed by atoms with Crippen molar-refractivity contribution in [2.24, 2.45) is 0 Å². The Bertz CT molecular complexity index is 1300. The number of sulfonamides is 2. The van der Waals surface area contributed by atoms with Crippen molar-refractivity contribution in [2.75, 3.05) is 33.4 Å². The largest absolute Gasteiger partial charge is 0.385 e. The molecule has 0 bridgehead atoms. The van der Waals surface area contributed by atoms with Gasteiger partial charge in [-0.2, -0.15) is 4.31 Å². The highest BCUT2D eigenvalue weighted by atomic mass is 32.3. The molecule has 0 saturated heterocycles. The van der Waals surface area contributed by atoms with Crippen molar-refractivity contribution in [1.29, 1.82) is 0 Å². The van der Waals surface area contributed by atoms with E-state index in [1.165, 1.54) is 17.5 Å². The van der Waals surface area contributed by atoms with Crippen LogP contribution in [0.25, 0.3) is 0 Å². The average Bonchev–Trinajstić information content (AvgIpc) is 3.29. The number of hydrogen-bond donors (Lipinski definition) is 4. The first-order valence-electron chi connectivity index (χ1n) is 11.3. The second-order valence-corrected chi connectivity index (χ2v) is 13.3. The number of benzene rings is 1. The van der Waals surface area contributed by atoms with Crippen LogP contribution in [0.5, 0.6) is 0 Å². The van der Waals surface area contributed by atoms with Crippen molar-refractivity contribution in [3.63, 3.8) is 0 Å². The number of rotatable bonds is 13. The van der Waals surface area contributed by atoms with E-state index < -0.39 is 37.4 Å². The zero-order valence-electron chi connectivity index (χ0n) is 20.3. The van der Waals surface area contributed by atoms with E-state index >= 15 is 0 Å². The monoisotopic (exact) mass is 578 g/mol. The molecule has 4 N–H and O–H groups in total. The number of carbonyl (C=O) groups is 1. The number of ether oxygens (including phenoxy) is 1. The zero-order valence-corrected chi connectivity index (χ0v) is 22.7. The Morgan fingerprint density at radius 1 is 1.27 bits per heavy atom. The molecule has 0 saturated carbocycles. The van der Waals surface area contributed by atoms with E-state index in [0.717, 1.165) is 0 Å². The zero-order chi connectivity index (χ0) is 27.2. The Morgan fingerprint density at radius 2 is 2.00 bits per heavy atom. The lowest BCUT2D eigenvalue weighted by Crippen LogP contribution is -2.43. The molecule has 0 spiro atoms. The van der Waals surface area contributed by atoms with E-state index in [0.29, 0.717) is 47.6 Å². The fraction of sp³-hybridized carbons (Fsp3) is 0.476. The van der Waals surface area contributed by atoms with Gasteiger partial charge in [0.15, 0.2) is 0 Å². The first-order chi connectivity index (χ1) is 17.5. The normalized spacial score (nSPS) is 17.6. The molecule has 2 heterocycles. The third-order valence-corrected chi connectivity index (χ3v) is 10.9. The number of amides is 1. The first-order valence-corrected chi connectivity index (χ1v) is 15.0. The highest BCUT2D eigenvalue weighted by molar-refractivity contribution is 7.94. The third kappa shape index (κ3) is 7.53. The SMILES string of the molecule is CCN[C@H]1CN(CCCOC)S(=O)(=O)c2sc(S(=O)(=O)NC(=O)Cc3cccc(CON(O)O)c3)cc21. The third-order valence-electron chi connectivity index (χ3n) is 5.46. The molecular weight excluding hydrogens is 548 g/mol. The van der Waals surface area contributed by atoms with E-state index in [2.05, 4.69) is 10.2 Å². The van der Waals surface area contributed by atoms with Gasteiger partial charge in [-0.15, -0.1) is 11.3 Å². The van der Waals surface area contributed by atoms with Crippen LogP contribution in [-0.2, 0) is 47.4 Å². The lowest BCUT2D eigenvalue weighted by Gasteiger charge is -2.32. The fourth-order valence-electron chi connectivity index (χ4n) is 3.86. The quantitative estimate of drug-likeness (QED) is 0.197. The molecule has 16 heteroatoms. The summed E-state index contributed by atoms with van der Waals surface area (Å²) in [7, 11) is -6.73. The first kappa shape index (κ1) is 29.6. The number of nitrogens with one attached hydrogen (secondary N) is 2. The van der Waals surface area contributed by atoms with E-state index in [9.17, 15) is 21.6 Å². The summed E-state index contributed by atoms with van der Waals surface area (Å²) < 4.78 is 60.5. The van der Waals surface area contributed by atoms with Gasteiger partial charge >= 0.3 is 0 Å². The van der Waals surface area contributed by atoms with Crippen LogP contribution in [0, 0.1) is 0 Å². The molecule has 1 atom stereocenters. The Morgan fingerprint density at radius 3 is 2.68 bits per heavy atom. The van der Waals surface area contributed by atoms with E-state index in [-0.39, 0.29) is 34.5 Å². The van der Waals surface area contributed by atoms with Gasteiger partial charge in [0.2, 0.25) is 5.91 Å². The van der Waals surface area contributed by atoms with Crippen LogP contribution >= 0.6 is 11.3 Å². The Balaban J connectivity index is 1.79. The highest BCUT2D eigenvalue weighted by Gasteiger charge is 2.40. The number of thiophene rings is 1. The molecule has 13 nitrogen and oxygen atoms in total. The van der Waals surface area contributed by atoms with Crippen LogP contribution in [0.1, 0.15) is 36.1 Å². The van der Waals surface area contributed by atoms with Gasteiger partial charge < -0.3 is 10.1 Å². The summed E-state index contributed by atoms with van der Waals surface area (Å²) in [5.74, 6) is -0.817. The molecule has 1 aliphatic rings. The van der Waals surface area contributed by atoms with E-state index in [1.807, 2.05) is 11.6 Å². The Hall–Kier alpha value is -1.99. The highest BCUT2D eigenvalue weighted by Crippen LogP contribution is 2.40. The van der Waals surface area contributed by atoms with Crippen LogP contribution in [0.3, 0.4) is 0 Å². The summed E-state index contributed by atoms with van der Waals surface area (Å²) in [6.45, 7) is 2.99. The van der Waals surface area contributed by atoms with Crippen molar-refractivity contribution in [3.8, 4) is 0 Å². The van der Waals surface area contributed by atoms with Gasteiger partial charge in [0, 0.05) is 38.4 Å². The summed E-state index contributed by atoms with van der Waals surface area (Å²) in [6.07, 6.45) is 0.202. The summed E-state index contributed by atoms with van der Waals surface area (Å²) >= 11 is 0.610.